The molecule has 0 spiro atoms. The maximum atomic E-state index is 5.91. The summed E-state index contributed by atoms with van der Waals surface area (Å²) < 4.78 is 0. The molecule has 2 N–H and O–H groups in total. The molecule has 96 valence electrons. The van der Waals surface area contributed by atoms with Gasteiger partial charge in [0.05, 0.1) is 0 Å². The zero-order valence-electron chi connectivity index (χ0n) is 10.1. The third kappa shape index (κ3) is 3.66. The van der Waals surface area contributed by atoms with Crippen LogP contribution in [0.2, 0.25) is 5.15 Å². The normalized spacial score (nSPS) is 10.6. The van der Waals surface area contributed by atoms with Crippen LogP contribution in [0.25, 0.3) is 0 Å². The maximum absolute atomic E-state index is 5.91. The number of hydrogen-bond donors (Lipinski definition) is 2. The summed E-state index contributed by atoms with van der Waals surface area (Å²) in [7, 11) is 0. The maximum Gasteiger partial charge on any atom is 0.137 e. The summed E-state index contributed by atoms with van der Waals surface area (Å²) in [6, 6.07) is 1.73. The Morgan fingerprint density at radius 3 is 3.00 bits per heavy atom. The van der Waals surface area contributed by atoms with Gasteiger partial charge in [-0.25, -0.2) is 15.0 Å². The van der Waals surface area contributed by atoms with Crippen LogP contribution in [0.3, 0.4) is 0 Å². The van der Waals surface area contributed by atoms with E-state index in [-0.39, 0.29) is 0 Å². The monoisotopic (exact) mass is 266 g/mol. The number of nitrogens with one attached hydrogen (secondary N) is 2. The van der Waals surface area contributed by atoms with Crippen molar-refractivity contribution >= 4 is 17.4 Å². The van der Waals surface area contributed by atoms with Crippen molar-refractivity contribution in [2.45, 2.75) is 26.2 Å². The lowest BCUT2D eigenvalue weighted by Crippen LogP contribution is -2.07. The first-order chi connectivity index (χ1) is 8.78. The summed E-state index contributed by atoms with van der Waals surface area (Å²) in [6.07, 6.45) is 4.08. The molecule has 0 atom stereocenters. The lowest BCUT2D eigenvalue weighted by molar-refractivity contribution is 0.801. The molecule has 18 heavy (non-hydrogen) atoms. The fourth-order valence-corrected chi connectivity index (χ4v) is 1.74. The summed E-state index contributed by atoms with van der Waals surface area (Å²) in [5, 5.41) is 10.3. The Kier molecular flexibility index (Phi) is 4.46. The number of nitrogens with zero attached hydrogens (tertiary/aromatic N) is 4. The summed E-state index contributed by atoms with van der Waals surface area (Å²) in [6.45, 7) is 2.80. The highest BCUT2D eigenvalue weighted by Crippen LogP contribution is 2.11. The van der Waals surface area contributed by atoms with Gasteiger partial charge in [0.25, 0.3) is 0 Å². The second-order valence-electron chi connectivity index (χ2n) is 3.81. The fraction of sp³-hybridized carbons (Fsp3) is 0.455. The first-order valence-electron chi connectivity index (χ1n) is 5.89. The molecule has 0 unspecified atom stereocenters. The van der Waals surface area contributed by atoms with Crippen molar-refractivity contribution in [3.05, 3.63) is 29.2 Å². The third-order valence-electron chi connectivity index (χ3n) is 2.42. The minimum Gasteiger partial charge on any atom is -0.370 e. The SMILES string of the molecule is CCc1nc(Cl)cc(NCCCc2ncn[nH]2)n1. The van der Waals surface area contributed by atoms with Gasteiger partial charge in [0.15, 0.2) is 0 Å². The van der Waals surface area contributed by atoms with Crippen molar-refractivity contribution in [3.63, 3.8) is 0 Å². The van der Waals surface area contributed by atoms with E-state index in [1.54, 1.807) is 6.07 Å². The molecule has 0 radical (unpaired) electrons. The Morgan fingerprint density at radius 2 is 2.28 bits per heavy atom. The Balaban J connectivity index is 1.81. The number of halogens is 1. The Labute approximate surface area is 110 Å². The van der Waals surface area contributed by atoms with Gasteiger partial charge in [0.1, 0.15) is 28.9 Å². The number of aryl methyl sites for hydroxylation is 2. The quantitative estimate of drug-likeness (QED) is 0.616. The van der Waals surface area contributed by atoms with Gasteiger partial charge in [-0.3, -0.25) is 5.10 Å². The number of aromatic nitrogens is 5. The van der Waals surface area contributed by atoms with Crippen molar-refractivity contribution in [3.8, 4) is 0 Å². The Hall–Kier alpha value is -1.69. The molecule has 2 aromatic rings. The van der Waals surface area contributed by atoms with Crippen LogP contribution in [0.15, 0.2) is 12.4 Å². The van der Waals surface area contributed by atoms with Crippen LogP contribution in [-0.2, 0) is 12.8 Å². The first-order valence-corrected chi connectivity index (χ1v) is 6.27. The van der Waals surface area contributed by atoms with Crippen LogP contribution in [0.4, 0.5) is 5.82 Å². The van der Waals surface area contributed by atoms with E-state index in [4.69, 9.17) is 11.6 Å². The molecule has 6 nitrogen and oxygen atoms in total. The number of anilines is 1. The highest BCUT2D eigenvalue weighted by Gasteiger charge is 2.01. The molecule has 0 fully saturated rings. The molecule has 2 rings (SSSR count). The molecule has 0 aliphatic carbocycles. The smallest absolute Gasteiger partial charge is 0.137 e. The fourth-order valence-electron chi connectivity index (χ4n) is 1.54. The van der Waals surface area contributed by atoms with Crippen LogP contribution in [0.5, 0.6) is 0 Å². The average molecular weight is 267 g/mol. The van der Waals surface area contributed by atoms with E-state index >= 15 is 0 Å². The molecule has 2 aromatic heterocycles. The highest BCUT2D eigenvalue weighted by molar-refractivity contribution is 6.29. The lowest BCUT2D eigenvalue weighted by Gasteiger charge is -2.06. The summed E-state index contributed by atoms with van der Waals surface area (Å²) in [5.74, 6) is 2.41. The summed E-state index contributed by atoms with van der Waals surface area (Å²) in [5.41, 5.74) is 0. The molecular weight excluding hydrogens is 252 g/mol. The number of aromatic amines is 1. The molecule has 0 saturated heterocycles. The van der Waals surface area contributed by atoms with E-state index in [1.165, 1.54) is 6.33 Å². The van der Waals surface area contributed by atoms with Gasteiger partial charge < -0.3 is 5.32 Å². The number of rotatable bonds is 6. The van der Waals surface area contributed by atoms with Crippen LogP contribution in [0.1, 0.15) is 25.0 Å². The zero-order chi connectivity index (χ0) is 12.8. The van der Waals surface area contributed by atoms with Crippen LogP contribution in [-0.4, -0.2) is 31.7 Å². The number of hydrogen-bond acceptors (Lipinski definition) is 5. The molecule has 0 bridgehead atoms. The van der Waals surface area contributed by atoms with Crippen molar-refractivity contribution in [1.82, 2.24) is 25.1 Å². The molecule has 0 aromatic carbocycles. The molecule has 0 saturated carbocycles. The third-order valence-corrected chi connectivity index (χ3v) is 2.61. The van der Waals surface area contributed by atoms with Crippen molar-refractivity contribution in [2.75, 3.05) is 11.9 Å². The van der Waals surface area contributed by atoms with E-state index in [1.807, 2.05) is 6.92 Å². The topological polar surface area (TPSA) is 79.4 Å². The second kappa shape index (κ2) is 6.30. The second-order valence-corrected chi connectivity index (χ2v) is 4.20. The van der Waals surface area contributed by atoms with E-state index < -0.39 is 0 Å². The van der Waals surface area contributed by atoms with Gasteiger partial charge in [-0.1, -0.05) is 18.5 Å². The van der Waals surface area contributed by atoms with Crippen molar-refractivity contribution in [2.24, 2.45) is 0 Å². The molecule has 0 aliphatic rings. The van der Waals surface area contributed by atoms with E-state index in [2.05, 4.69) is 30.5 Å². The van der Waals surface area contributed by atoms with E-state index in [0.717, 1.165) is 43.3 Å². The lowest BCUT2D eigenvalue weighted by atomic mass is 10.3. The molecule has 2 heterocycles. The Morgan fingerprint density at radius 1 is 1.39 bits per heavy atom. The van der Waals surface area contributed by atoms with Gasteiger partial charge in [-0.15, -0.1) is 0 Å². The zero-order valence-corrected chi connectivity index (χ0v) is 10.9. The van der Waals surface area contributed by atoms with Crippen LogP contribution >= 0.6 is 11.6 Å². The van der Waals surface area contributed by atoms with E-state index in [0.29, 0.717) is 5.15 Å². The molecule has 0 amide bonds. The average Bonchev–Trinajstić information content (AvgIpc) is 2.87. The van der Waals surface area contributed by atoms with Gasteiger partial charge >= 0.3 is 0 Å². The minimum absolute atomic E-state index is 0.472. The van der Waals surface area contributed by atoms with Gasteiger partial charge in [0, 0.05) is 25.5 Å². The predicted molar refractivity (Wildman–Crippen MR) is 69.6 cm³/mol. The summed E-state index contributed by atoms with van der Waals surface area (Å²) in [4.78, 5) is 12.5. The van der Waals surface area contributed by atoms with Crippen LogP contribution in [0, 0.1) is 0 Å². The standard InChI is InChI=1S/C11H15ClN6/c1-2-9-16-8(12)6-11(17-9)13-5-3-4-10-14-7-15-18-10/h6-7H,2-5H2,1H3,(H,13,16,17)(H,14,15,18). The van der Waals surface area contributed by atoms with Gasteiger partial charge in [-0.2, -0.15) is 5.10 Å². The first kappa shape index (κ1) is 12.8. The van der Waals surface area contributed by atoms with Crippen molar-refractivity contribution in [1.29, 1.82) is 0 Å². The van der Waals surface area contributed by atoms with E-state index in [9.17, 15) is 0 Å². The largest absolute Gasteiger partial charge is 0.370 e. The number of H-pyrrole nitrogens is 1. The predicted octanol–water partition coefficient (Wildman–Crippen LogP) is 1.86. The van der Waals surface area contributed by atoms with Crippen LogP contribution < -0.4 is 5.32 Å². The molecule has 0 aliphatic heterocycles. The Bertz CT molecular complexity index is 484. The molecular formula is C11H15ClN6. The van der Waals surface area contributed by atoms with Crippen molar-refractivity contribution < 1.29 is 0 Å². The highest BCUT2D eigenvalue weighted by atomic mass is 35.5. The van der Waals surface area contributed by atoms with Gasteiger partial charge in [-0.05, 0) is 6.42 Å². The molecule has 7 heteroatoms. The minimum atomic E-state index is 0.472. The van der Waals surface area contributed by atoms with Gasteiger partial charge in [0.2, 0.25) is 0 Å². The summed E-state index contributed by atoms with van der Waals surface area (Å²) >= 11 is 5.91.